The number of hydrogen-bond donors (Lipinski definition) is 8. The normalized spacial score (nSPS) is 11.7. The maximum absolute atomic E-state index is 12.7. The molecule has 4 aromatic heterocycles. The van der Waals surface area contributed by atoms with E-state index in [0.717, 1.165) is 87.6 Å². The standard InChI is InChI=1S/C49H58N14O4/c1-62(2)22-8-20-50-48(66)32-14-18-36-40(26-32)60-46(58-36)30-12-16-34-38(24-30)56-42(54-34)28-52-44(64)10-6-5-7-11-45(65)53-29-43-55-35-17-13-31(25-39(35)57-43)47-59-37-19-15-33(27-41(37)61-47)49(67)51-21-9-23-63(3)4/h12-19,24-27H,5-11,20-23,28-29H2,1-4H3,(H,50,66)(H,51,67)(H,52,64)(H,53,65)(H,54,56)(H,55,57)(H,58,60)(H,59,61). The predicted octanol–water partition coefficient (Wildman–Crippen LogP) is 5.77. The zero-order chi connectivity index (χ0) is 46.9. The van der Waals surface area contributed by atoms with Crippen LogP contribution in [0.1, 0.15) is 77.3 Å². The fourth-order valence-electron chi connectivity index (χ4n) is 7.85. The maximum Gasteiger partial charge on any atom is 0.251 e. The van der Waals surface area contributed by atoms with Gasteiger partial charge in [-0.1, -0.05) is 6.42 Å². The molecule has 0 saturated heterocycles. The Morgan fingerprint density at radius 1 is 0.463 bits per heavy atom. The third kappa shape index (κ3) is 12.1. The Morgan fingerprint density at radius 2 is 0.866 bits per heavy atom. The van der Waals surface area contributed by atoms with Gasteiger partial charge in [0.1, 0.15) is 23.3 Å². The number of imidazole rings is 4. The largest absolute Gasteiger partial charge is 0.352 e. The summed E-state index contributed by atoms with van der Waals surface area (Å²) in [5.41, 5.74) is 9.12. The monoisotopic (exact) mass is 906 g/mol. The highest BCUT2D eigenvalue weighted by Crippen LogP contribution is 2.26. The fraction of sp³-hybridized carbons (Fsp3) is 0.347. The molecule has 4 aromatic carbocycles. The van der Waals surface area contributed by atoms with Crippen molar-refractivity contribution in [1.82, 2.24) is 70.9 Å². The molecule has 0 aliphatic heterocycles. The van der Waals surface area contributed by atoms with E-state index in [4.69, 9.17) is 9.97 Å². The van der Waals surface area contributed by atoms with Crippen LogP contribution in [0.15, 0.2) is 72.8 Å². The molecule has 4 heterocycles. The molecule has 0 atom stereocenters. The van der Waals surface area contributed by atoms with E-state index >= 15 is 0 Å². The molecule has 0 spiro atoms. The van der Waals surface area contributed by atoms with Gasteiger partial charge in [0.15, 0.2) is 0 Å². The number of benzene rings is 4. The van der Waals surface area contributed by atoms with Gasteiger partial charge in [-0.15, -0.1) is 0 Å². The lowest BCUT2D eigenvalue weighted by Crippen LogP contribution is -2.27. The average Bonchev–Trinajstić information content (AvgIpc) is 4.13. The Kier molecular flexibility index (Phi) is 14.6. The zero-order valence-electron chi connectivity index (χ0n) is 38.4. The molecule has 4 amide bonds. The van der Waals surface area contributed by atoms with E-state index in [0.29, 0.717) is 73.2 Å². The Balaban J connectivity index is 0.738. The van der Waals surface area contributed by atoms with Crippen LogP contribution in [0, 0.1) is 0 Å². The molecular weight excluding hydrogens is 849 g/mol. The van der Waals surface area contributed by atoms with Gasteiger partial charge >= 0.3 is 0 Å². The lowest BCUT2D eigenvalue weighted by Gasteiger charge is -2.09. The number of H-pyrrole nitrogens is 4. The lowest BCUT2D eigenvalue weighted by molar-refractivity contribution is -0.121. The van der Waals surface area contributed by atoms with E-state index in [-0.39, 0.29) is 36.7 Å². The molecule has 0 bridgehead atoms. The van der Waals surface area contributed by atoms with Crippen LogP contribution in [0.4, 0.5) is 0 Å². The average molecular weight is 907 g/mol. The van der Waals surface area contributed by atoms with Crippen molar-refractivity contribution in [3.05, 3.63) is 95.6 Å². The first-order valence-corrected chi connectivity index (χ1v) is 22.8. The quantitative estimate of drug-likeness (QED) is 0.0382. The van der Waals surface area contributed by atoms with Gasteiger partial charge in [-0.2, -0.15) is 0 Å². The first-order valence-electron chi connectivity index (χ1n) is 22.8. The van der Waals surface area contributed by atoms with E-state index in [2.05, 4.69) is 61.0 Å². The topological polar surface area (TPSA) is 238 Å². The summed E-state index contributed by atoms with van der Waals surface area (Å²) in [5.74, 6) is 2.25. The van der Waals surface area contributed by atoms with Gasteiger partial charge in [0.2, 0.25) is 11.8 Å². The molecular formula is C49H58N14O4. The molecule has 0 fully saturated rings. The first kappa shape index (κ1) is 46.1. The molecule has 8 rings (SSSR count). The number of unbranched alkanes of at least 4 members (excludes halogenated alkanes) is 2. The molecule has 18 nitrogen and oxygen atoms in total. The minimum absolute atomic E-state index is 0.0804. The Morgan fingerprint density at radius 3 is 1.30 bits per heavy atom. The molecule has 67 heavy (non-hydrogen) atoms. The van der Waals surface area contributed by atoms with Crippen molar-refractivity contribution in [1.29, 1.82) is 0 Å². The van der Waals surface area contributed by atoms with Crippen LogP contribution in [0.5, 0.6) is 0 Å². The molecule has 8 aromatic rings. The van der Waals surface area contributed by atoms with Crippen LogP contribution < -0.4 is 21.3 Å². The summed E-state index contributed by atoms with van der Waals surface area (Å²) >= 11 is 0. The van der Waals surface area contributed by atoms with Gasteiger partial charge in [-0.05, 0) is 140 Å². The number of fused-ring (bicyclic) bond motifs is 4. The van der Waals surface area contributed by atoms with Gasteiger partial charge in [-0.25, -0.2) is 19.9 Å². The van der Waals surface area contributed by atoms with E-state index in [1.165, 1.54) is 0 Å². The fourth-order valence-corrected chi connectivity index (χ4v) is 7.85. The van der Waals surface area contributed by atoms with Gasteiger partial charge < -0.3 is 51.0 Å². The number of aromatic amines is 4. The summed E-state index contributed by atoms with van der Waals surface area (Å²) in [6.45, 7) is 3.55. The first-order chi connectivity index (χ1) is 32.4. The number of aromatic nitrogens is 8. The molecule has 348 valence electrons. The Labute approximate surface area is 387 Å². The molecule has 0 radical (unpaired) electrons. The highest BCUT2D eigenvalue weighted by molar-refractivity contribution is 5.99. The van der Waals surface area contributed by atoms with Gasteiger partial charge in [0.05, 0.1) is 57.2 Å². The molecule has 0 unspecified atom stereocenters. The van der Waals surface area contributed by atoms with Crippen molar-refractivity contribution >= 4 is 67.8 Å². The third-order valence-corrected chi connectivity index (χ3v) is 11.4. The number of carbonyl (C=O) groups is 4. The van der Waals surface area contributed by atoms with Crippen molar-refractivity contribution in [2.75, 3.05) is 54.4 Å². The van der Waals surface area contributed by atoms with Gasteiger partial charge in [0.25, 0.3) is 11.8 Å². The summed E-state index contributed by atoms with van der Waals surface area (Å²) < 4.78 is 0. The van der Waals surface area contributed by atoms with Crippen LogP contribution >= 0.6 is 0 Å². The third-order valence-electron chi connectivity index (χ3n) is 11.4. The SMILES string of the molecule is CN(C)CCCNC(=O)c1ccc2nc(-c3ccc4nc(CNC(=O)CCCCCC(=O)NCc5nc6ccc(-c7nc8ccc(C(=O)NCCCN(C)C)cc8[nH]7)cc6[nH]5)[nH]c4c3)[nH]c2c1. The van der Waals surface area contributed by atoms with Crippen LogP contribution in [0.25, 0.3) is 66.9 Å². The minimum atomic E-state index is -0.114. The van der Waals surface area contributed by atoms with Crippen LogP contribution in [0.3, 0.4) is 0 Å². The van der Waals surface area contributed by atoms with Gasteiger partial charge in [-0.3, -0.25) is 19.2 Å². The molecule has 0 aliphatic carbocycles. The summed E-state index contributed by atoms with van der Waals surface area (Å²) in [5, 5.41) is 11.9. The second kappa shape index (κ2) is 21.2. The lowest BCUT2D eigenvalue weighted by atomic mass is 10.1. The summed E-state index contributed by atoms with van der Waals surface area (Å²) in [6, 6.07) is 22.5. The zero-order valence-corrected chi connectivity index (χ0v) is 38.4. The van der Waals surface area contributed by atoms with Crippen molar-refractivity contribution in [3.8, 4) is 22.8 Å². The number of nitrogens with zero attached hydrogens (tertiary/aromatic N) is 6. The molecule has 8 N–H and O–H groups in total. The number of rotatable bonds is 22. The van der Waals surface area contributed by atoms with Crippen molar-refractivity contribution in [2.45, 2.75) is 58.0 Å². The van der Waals surface area contributed by atoms with Crippen molar-refractivity contribution < 1.29 is 19.2 Å². The maximum atomic E-state index is 12.7. The van der Waals surface area contributed by atoms with Crippen LogP contribution in [-0.4, -0.2) is 128 Å². The van der Waals surface area contributed by atoms with E-state index in [9.17, 15) is 19.2 Å². The van der Waals surface area contributed by atoms with Crippen molar-refractivity contribution in [2.24, 2.45) is 0 Å². The number of amides is 4. The minimum Gasteiger partial charge on any atom is -0.352 e. The Hall–Kier alpha value is -7.44. The van der Waals surface area contributed by atoms with E-state index in [1.54, 1.807) is 12.1 Å². The molecule has 0 saturated carbocycles. The van der Waals surface area contributed by atoms with Crippen molar-refractivity contribution in [3.63, 3.8) is 0 Å². The van der Waals surface area contributed by atoms with E-state index in [1.807, 2.05) is 88.9 Å². The summed E-state index contributed by atoms with van der Waals surface area (Å²) in [6.07, 6.45) is 4.51. The highest BCUT2D eigenvalue weighted by atomic mass is 16.2. The molecule has 18 heteroatoms. The smallest absolute Gasteiger partial charge is 0.251 e. The highest BCUT2D eigenvalue weighted by Gasteiger charge is 2.15. The van der Waals surface area contributed by atoms with Crippen LogP contribution in [0.2, 0.25) is 0 Å². The number of carbonyl (C=O) groups excluding carboxylic acids is 4. The Bertz CT molecular complexity index is 2830. The van der Waals surface area contributed by atoms with Crippen LogP contribution in [-0.2, 0) is 22.7 Å². The second-order valence-electron chi connectivity index (χ2n) is 17.4. The van der Waals surface area contributed by atoms with Gasteiger partial charge in [0, 0.05) is 48.2 Å². The second-order valence-corrected chi connectivity index (χ2v) is 17.4. The molecule has 0 aliphatic rings. The number of hydrogen-bond acceptors (Lipinski definition) is 10. The number of nitrogens with one attached hydrogen (secondary N) is 8. The summed E-state index contributed by atoms with van der Waals surface area (Å²) in [7, 11) is 8.04. The van der Waals surface area contributed by atoms with E-state index < -0.39 is 0 Å². The predicted molar refractivity (Wildman–Crippen MR) is 260 cm³/mol. The summed E-state index contributed by atoms with van der Waals surface area (Å²) in [4.78, 5) is 87.0.